The minimum absolute atomic E-state index is 0.548. The molecule has 108 valence electrons. The number of aliphatic hydroxyl groups excluding tert-OH is 1. The smallest absolute Gasteiger partial charge is 0.215 e. The molecule has 0 saturated heterocycles. The summed E-state index contributed by atoms with van der Waals surface area (Å²) in [6, 6.07) is 3.97. The van der Waals surface area contributed by atoms with Crippen LogP contribution in [0.5, 0.6) is 0 Å². The zero-order valence-corrected chi connectivity index (χ0v) is 11.9. The molecule has 0 spiro atoms. The number of carbonyl (C=O) groups excluding carboxylic acids is 1. The highest BCUT2D eigenvalue weighted by molar-refractivity contribution is 5.77. The Labute approximate surface area is 123 Å². The molecule has 5 nitrogen and oxygen atoms in total. The van der Waals surface area contributed by atoms with Gasteiger partial charge in [0.25, 0.3) is 0 Å². The first-order chi connectivity index (χ1) is 10.2. The van der Waals surface area contributed by atoms with E-state index in [9.17, 15) is 9.90 Å². The lowest BCUT2D eigenvalue weighted by molar-refractivity contribution is -0.107. The van der Waals surface area contributed by atoms with E-state index in [1.807, 2.05) is 6.07 Å². The van der Waals surface area contributed by atoms with Gasteiger partial charge in [-0.15, -0.1) is 0 Å². The van der Waals surface area contributed by atoms with E-state index in [1.165, 1.54) is 0 Å². The Morgan fingerprint density at radius 1 is 1.29 bits per heavy atom. The molecule has 2 aromatic heterocycles. The summed E-state index contributed by atoms with van der Waals surface area (Å²) in [7, 11) is 0. The van der Waals surface area contributed by atoms with Crippen LogP contribution in [0, 0.1) is 0 Å². The number of amides is 1. The molecule has 1 N–H and O–H groups in total. The minimum atomic E-state index is -0.548. The Hall–Kier alpha value is -2.27. The first kappa shape index (κ1) is 13.7. The molecule has 0 radical (unpaired) electrons. The minimum Gasteiger partial charge on any atom is -0.389 e. The van der Waals surface area contributed by atoms with Gasteiger partial charge in [0, 0.05) is 36.3 Å². The summed E-state index contributed by atoms with van der Waals surface area (Å²) < 4.78 is 0. The zero-order chi connectivity index (χ0) is 14.8. The molecular weight excluding hydrogens is 266 g/mol. The van der Waals surface area contributed by atoms with Crippen molar-refractivity contribution in [1.82, 2.24) is 9.97 Å². The second kappa shape index (κ2) is 5.61. The molecule has 0 aromatic carbocycles. The van der Waals surface area contributed by atoms with Crippen LogP contribution in [0.15, 0.2) is 30.7 Å². The zero-order valence-electron chi connectivity index (χ0n) is 11.9. The van der Waals surface area contributed by atoms with Gasteiger partial charge in [-0.1, -0.05) is 0 Å². The van der Waals surface area contributed by atoms with Crippen molar-refractivity contribution in [2.75, 3.05) is 11.4 Å². The summed E-state index contributed by atoms with van der Waals surface area (Å²) in [6.45, 7) is 2.44. The fraction of sp³-hybridized carbons (Fsp3) is 0.312. The number of pyridine rings is 2. The molecule has 1 amide bonds. The van der Waals surface area contributed by atoms with Crippen LogP contribution < -0.4 is 4.90 Å². The van der Waals surface area contributed by atoms with Crippen LogP contribution in [-0.2, 0) is 11.2 Å². The molecule has 3 rings (SSSR count). The van der Waals surface area contributed by atoms with Crippen molar-refractivity contribution in [3.8, 4) is 11.1 Å². The predicted molar refractivity (Wildman–Crippen MR) is 79.8 cm³/mol. The molecule has 0 saturated carbocycles. The number of hydrogen-bond acceptors (Lipinski definition) is 4. The standard InChI is InChI=1S/C16H17N3O2/c1-11(21)13-6-14(8-17-7-13)15-5-12-3-2-4-19(10-20)16(12)18-9-15/h5-11,21H,2-4H2,1H3. The van der Waals surface area contributed by atoms with E-state index in [0.29, 0.717) is 0 Å². The first-order valence-electron chi connectivity index (χ1n) is 7.03. The third-order valence-corrected chi connectivity index (χ3v) is 3.76. The fourth-order valence-electron chi connectivity index (χ4n) is 2.60. The van der Waals surface area contributed by atoms with Crippen molar-refractivity contribution < 1.29 is 9.90 Å². The fourth-order valence-corrected chi connectivity index (χ4v) is 2.60. The Morgan fingerprint density at radius 3 is 2.86 bits per heavy atom. The molecule has 1 unspecified atom stereocenters. The van der Waals surface area contributed by atoms with Gasteiger partial charge in [-0.3, -0.25) is 14.7 Å². The topological polar surface area (TPSA) is 66.3 Å². The van der Waals surface area contributed by atoms with Gasteiger partial charge in [-0.25, -0.2) is 4.98 Å². The van der Waals surface area contributed by atoms with Crippen LogP contribution >= 0.6 is 0 Å². The first-order valence-corrected chi connectivity index (χ1v) is 7.03. The predicted octanol–water partition coefficient (Wildman–Crippen LogP) is 2.11. The number of aromatic nitrogens is 2. The van der Waals surface area contributed by atoms with Crippen molar-refractivity contribution in [2.45, 2.75) is 25.9 Å². The van der Waals surface area contributed by atoms with Gasteiger partial charge in [-0.2, -0.15) is 0 Å². The summed E-state index contributed by atoms with van der Waals surface area (Å²) >= 11 is 0. The van der Waals surface area contributed by atoms with E-state index in [1.54, 1.807) is 30.4 Å². The van der Waals surface area contributed by atoms with Gasteiger partial charge < -0.3 is 5.11 Å². The Bertz CT molecular complexity index is 670. The molecular formula is C16H17N3O2. The quantitative estimate of drug-likeness (QED) is 0.876. The Morgan fingerprint density at radius 2 is 2.10 bits per heavy atom. The van der Waals surface area contributed by atoms with Crippen LogP contribution in [0.1, 0.15) is 30.6 Å². The van der Waals surface area contributed by atoms with Crippen molar-refractivity contribution in [3.05, 3.63) is 41.9 Å². The molecule has 5 heteroatoms. The van der Waals surface area contributed by atoms with Gasteiger partial charge in [0.1, 0.15) is 5.82 Å². The average Bonchev–Trinajstić information content (AvgIpc) is 2.53. The normalized spacial score (nSPS) is 15.4. The lowest BCUT2D eigenvalue weighted by atomic mass is 10.0. The van der Waals surface area contributed by atoms with Gasteiger partial charge in [0.15, 0.2) is 0 Å². The molecule has 0 aliphatic carbocycles. The van der Waals surface area contributed by atoms with Crippen molar-refractivity contribution in [2.24, 2.45) is 0 Å². The van der Waals surface area contributed by atoms with E-state index in [-0.39, 0.29) is 0 Å². The number of aliphatic hydroxyl groups is 1. The van der Waals surface area contributed by atoms with Crippen LogP contribution in [0.2, 0.25) is 0 Å². The second-order valence-corrected chi connectivity index (χ2v) is 5.29. The van der Waals surface area contributed by atoms with E-state index in [0.717, 1.165) is 53.9 Å². The number of rotatable bonds is 3. The molecule has 2 aromatic rings. The number of hydrogen-bond donors (Lipinski definition) is 1. The van der Waals surface area contributed by atoms with Crippen LogP contribution in [-0.4, -0.2) is 28.0 Å². The molecule has 0 fully saturated rings. The van der Waals surface area contributed by atoms with Crippen LogP contribution in [0.25, 0.3) is 11.1 Å². The molecule has 0 bridgehead atoms. The highest BCUT2D eigenvalue weighted by atomic mass is 16.3. The summed E-state index contributed by atoms with van der Waals surface area (Å²) in [4.78, 5) is 21.3. The maximum atomic E-state index is 11.0. The summed E-state index contributed by atoms with van der Waals surface area (Å²) in [5.74, 6) is 0.750. The number of carbonyl (C=O) groups is 1. The maximum Gasteiger partial charge on any atom is 0.215 e. The maximum absolute atomic E-state index is 11.0. The van der Waals surface area contributed by atoms with Crippen molar-refractivity contribution >= 4 is 12.2 Å². The largest absolute Gasteiger partial charge is 0.389 e. The van der Waals surface area contributed by atoms with E-state index in [2.05, 4.69) is 16.0 Å². The van der Waals surface area contributed by atoms with E-state index >= 15 is 0 Å². The summed E-state index contributed by atoms with van der Waals surface area (Å²) in [5, 5.41) is 9.65. The SMILES string of the molecule is CC(O)c1cncc(-c2cnc3c(c2)CCCN3C=O)c1. The highest BCUT2D eigenvalue weighted by Crippen LogP contribution is 2.29. The Kier molecular flexibility index (Phi) is 3.66. The van der Waals surface area contributed by atoms with Crippen molar-refractivity contribution in [1.29, 1.82) is 0 Å². The van der Waals surface area contributed by atoms with Crippen molar-refractivity contribution in [3.63, 3.8) is 0 Å². The average molecular weight is 283 g/mol. The number of nitrogens with zero attached hydrogens (tertiary/aromatic N) is 3. The van der Waals surface area contributed by atoms with Gasteiger partial charge in [-0.05, 0) is 43.0 Å². The monoisotopic (exact) mass is 283 g/mol. The van der Waals surface area contributed by atoms with E-state index < -0.39 is 6.10 Å². The molecule has 1 aliphatic rings. The third kappa shape index (κ3) is 2.64. The summed E-state index contributed by atoms with van der Waals surface area (Å²) in [5.41, 5.74) is 3.73. The number of aryl methyl sites for hydroxylation is 1. The number of anilines is 1. The molecule has 21 heavy (non-hydrogen) atoms. The highest BCUT2D eigenvalue weighted by Gasteiger charge is 2.18. The van der Waals surface area contributed by atoms with Gasteiger partial charge in [0.2, 0.25) is 6.41 Å². The molecule has 3 heterocycles. The lowest BCUT2D eigenvalue weighted by Crippen LogP contribution is -2.28. The Balaban J connectivity index is 2.00. The van der Waals surface area contributed by atoms with Gasteiger partial charge >= 0.3 is 0 Å². The van der Waals surface area contributed by atoms with E-state index in [4.69, 9.17) is 0 Å². The second-order valence-electron chi connectivity index (χ2n) is 5.29. The summed E-state index contributed by atoms with van der Waals surface area (Å²) in [6.07, 6.45) is 7.33. The molecule has 1 aliphatic heterocycles. The lowest BCUT2D eigenvalue weighted by Gasteiger charge is -2.24. The van der Waals surface area contributed by atoms with Crippen LogP contribution in [0.4, 0.5) is 5.82 Å². The molecule has 1 atom stereocenters. The third-order valence-electron chi connectivity index (χ3n) is 3.76. The van der Waals surface area contributed by atoms with Crippen LogP contribution in [0.3, 0.4) is 0 Å². The number of fused-ring (bicyclic) bond motifs is 1. The van der Waals surface area contributed by atoms with Gasteiger partial charge in [0.05, 0.1) is 6.10 Å².